The molecule has 0 N–H and O–H groups in total. The van der Waals surface area contributed by atoms with Gasteiger partial charge in [-0.15, -0.1) is 0 Å². The summed E-state index contributed by atoms with van der Waals surface area (Å²) in [6, 6.07) is 6.17. The quantitative estimate of drug-likeness (QED) is 0.436. The molecule has 0 saturated carbocycles. The Bertz CT molecular complexity index is 1080. The molecule has 30 heavy (non-hydrogen) atoms. The molecule has 9 heteroatoms. The number of nitrogens with zero attached hydrogens (tertiary/aromatic N) is 2. The second kappa shape index (κ2) is 8.88. The lowest BCUT2D eigenvalue weighted by Crippen LogP contribution is -2.42. The van der Waals surface area contributed by atoms with Crippen LogP contribution < -0.4 is 0 Å². The van der Waals surface area contributed by atoms with Gasteiger partial charge in [0, 0.05) is 16.4 Å². The molecule has 3 rings (SSSR count). The lowest BCUT2D eigenvalue weighted by atomic mass is 10.2. The van der Waals surface area contributed by atoms with E-state index in [1.165, 1.54) is 6.92 Å². The molecule has 2 aromatic rings. The number of rotatable bonds is 5. The number of amides is 2. The van der Waals surface area contributed by atoms with E-state index in [9.17, 15) is 14.4 Å². The molecule has 0 spiro atoms. The number of benzene rings is 1. The standard InChI is InChI=1S/C21H20Cl2N2O4S/c1-5-29-20(27)13(4)25-19(26)18(30-21(25)28)9-14-8-11(2)24(12(14)3)17-7-6-15(22)10-16(17)23/h6-10,13H,5H2,1-4H3/b18-9+/t13-/m1/s1. The first-order valence-corrected chi connectivity index (χ1v) is 10.8. The van der Waals surface area contributed by atoms with Crippen LogP contribution in [0.25, 0.3) is 11.8 Å². The zero-order valence-electron chi connectivity index (χ0n) is 16.9. The fourth-order valence-corrected chi connectivity index (χ4v) is 4.68. The summed E-state index contributed by atoms with van der Waals surface area (Å²) < 4.78 is 6.89. The summed E-state index contributed by atoms with van der Waals surface area (Å²) in [7, 11) is 0. The van der Waals surface area contributed by atoms with Gasteiger partial charge < -0.3 is 9.30 Å². The Balaban J connectivity index is 1.96. The topological polar surface area (TPSA) is 68.6 Å². The second-order valence-electron chi connectivity index (χ2n) is 6.74. The van der Waals surface area contributed by atoms with Gasteiger partial charge >= 0.3 is 5.97 Å². The number of hydrogen-bond donors (Lipinski definition) is 0. The molecule has 1 aromatic heterocycles. The highest BCUT2D eigenvalue weighted by atomic mass is 35.5. The van der Waals surface area contributed by atoms with Crippen molar-refractivity contribution in [1.29, 1.82) is 0 Å². The van der Waals surface area contributed by atoms with Crippen molar-refractivity contribution in [2.75, 3.05) is 6.61 Å². The number of hydrogen-bond acceptors (Lipinski definition) is 5. The maximum Gasteiger partial charge on any atom is 0.329 e. The molecule has 1 fully saturated rings. The van der Waals surface area contributed by atoms with Crippen LogP contribution in [0.5, 0.6) is 0 Å². The van der Waals surface area contributed by atoms with Crippen molar-refractivity contribution in [3.63, 3.8) is 0 Å². The minimum Gasteiger partial charge on any atom is -0.464 e. The Morgan fingerprint density at radius 2 is 1.93 bits per heavy atom. The van der Waals surface area contributed by atoms with Crippen LogP contribution in [0.15, 0.2) is 29.2 Å². The number of ether oxygens (including phenoxy) is 1. The van der Waals surface area contributed by atoms with E-state index in [1.807, 2.05) is 30.5 Å². The van der Waals surface area contributed by atoms with Gasteiger partial charge in [0.05, 0.1) is 22.2 Å². The van der Waals surface area contributed by atoms with Gasteiger partial charge in [-0.1, -0.05) is 23.2 Å². The van der Waals surface area contributed by atoms with Gasteiger partial charge in [0.1, 0.15) is 6.04 Å². The third-order valence-corrected chi connectivity index (χ3v) is 6.17. The smallest absolute Gasteiger partial charge is 0.329 e. The Kier molecular flexibility index (Phi) is 6.65. The van der Waals surface area contributed by atoms with E-state index in [0.29, 0.717) is 10.0 Å². The normalized spacial score (nSPS) is 16.5. The van der Waals surface area contributed by atoms with Gasteiger partial charge in [0.2, 0.25) is 0 Å². The fourth-order valence-electron chi connectivity index (χ4n) is 3.29. The molecule has 0 bridgehead atoms. The molecule has 158 valence electrons. The van der Waals surface area contributed by atoms with Crippen LogP contribution in [0.4, 0.5) is 4.79 Å². The third kappa shape index (κ3) is 4.15. The summed E-state index contributed by atoms with van der Waals surface area (Å²) in [5.41, 5.74) is 3.29. The fraction of sp³-hybridized carbons (Fsp3) is 0.286. The van der Waals surface area contributed by atoms with Gasteiger partial charge in [0.25, 0.3) is 11.1 Å². The lowest BCUT2D eigenvalue weighted by Gasteiger charge is -2.19. The first kappa shape index (κ1) is 22.5. The van der Waals surface area contributed by atoms with E-state index in [2.05, 4.69) is 0 Å². The summed E-state index contributed by atoms with van der Waals surface area (Å²) in [5, 5.41) is 0.539. The largest absolute Gasteiger partial charge is 0.464 e. The van der Waals surface area contributed by atoms with Crippen LogP contribution in [0, 0.1) is 13.8 Å². The van der Waals surface area contributed by atoms with Crippen molar-refractivity contribution >= 4 is 58.2 Å². The minimum atomic E-state index is -0.983. The van der Waals surface area contributed by atoms with Crippen molar-refractivity contribution in [1.82, 2.24) is 9.47 Å². The molecule has 1 saturated heterocycles. The van der Waals surface area contributed by atoms with E-state index in [1.54, 1.807) is 25.1 Å². The maximum atomic E-state index is 12.8. The second-order valence-corrected chi connectivity index (χ2v) is 8.57. The first-order valence-electron chi connectivity index (χ1n) is 9.23. The van der Waals surface area contributed by atoms with Crippen molar-refractivity contribution in [3.8, 4) is 5.69 Å². The van der Waals surface area contributed by atoms with Crippen LogP contribution in [0.1, 0.15) is 30.8 Å². The Hall–Kier alpha value is -2.22. The van der Waals surface area contributed by atoms with Crippen LogP contribution in [-0.2, 0) is 14.3 Å². The molecule has 6 nitrogen and oxygen atoms in total. The van der Waals surface area contributed by atoms with E-state index in [4.69, 9.17) is 27.9 Å². The molecule has 2 heterocycles. The van der Waals surface area contributed by atoms with Crippen LogP contribution in [0.2, 0.25) is 10.0 Å². The molecule has 1 aliphatic heterocycles. The van der Waals surface area contributed by atoms with Crippen LogP contribution in [0.3, 0.4) is 0 Å². The van der Waals surface area contributed by atoms with E-state index in [-0.39, 0.29) is 11.5 Å². The van der Waals surface area contributed by atoms with Crippen molar-refractivity contribution in [3.05, 3.63) is 56.2 Å². The monoisotopic (exact) mass is 466 g/mol. The predicted molar refractivity (Wildman–Crippen MR) is 119 cm³/mol. The highest BCUT2D eigenvalue weighted by molar-refractivity contribution is 8.18. The molecule has 0 radical (unpaired) electrons. The number of imide groups is 1. The molecule has 1 aromatic carbocycles. The molecule has 1 aliphatic rings. The van der Waals surface area contributed by atoms with E-state index in [0.717, 1.165) is 39.3 Å². The van der Waals surface area contributed by atoms with Crippen molar-refractivity contribution in [2.24, 2.45) is 0 Å². The highest BCUT2D eigenvalue weighted by Crippen LogP contribution is 2.36. The highest BCUT2D eigenvalue weighted by Gasteiger charge is 2.41. The van der Waals surface area contributed by atoms with Gasteiger partial charge in [0.15, 0.2) is 0 Å². The molecule has 1 atom stereocenters. The van der Waals surface area contributed by atoms with E-state index >= 15 is 0 Å². The van der Waals surface area contributed by atoms with Gasteiger partial charge in [-0.3, -0.25) is 14.5 Å². The molecule has 2 amide bonds. The zero-order chi connectivity index (χ0) is 22.2. The lowest BCUT2D eigenvalue weighted by molar-refractivity contribution is -0.150. The number of aryl methyl sites for hydroxylation is 1. The predicted octanol–water partition coefficient (Wildman–Crippen LogP) is 5.39. The SMILES string of the molecule is CCOC(=O)[C@@H](C)N1C(=O)S/C(=C/c2cc(C)n(-c3ccc(Cl)cc3Cl)c2C)C1=O. The number of esters is 1. The average Bonchev–Trinajstić information content (AvgIpc) is 3.10. The van der Waals surface area contributed by atoms with Crippen LogP contribution in [-0.4, -0.2) is 39.2 Å². The van der Waals surface area contributed by atoms with Gasteiger partial charge in [-0.2, -0.15) is 0 Å². The summed E-state index contributed by atoms with van der Waals surface area (Å²) in [5.74, 6) is -1.13. The number of thioether (sulfide) groups is 1. The number of carbonyl (C=O) groups excluding carboxylic acids is 3. The number of halogens is 2. The average molecular weight is 467 g/mol. The van der Waals surface area contributed by atoms with Gasteiger partial charge in [-0.25, -0.2) is 4.79 Å². The van der Waals surface area contributed by atoms with E-state index < -0.39 is 23.2 Å². The summed E-state index contributed by atoms with van der Waals surface area (Å²) in [6.45, 7) is 7.14. The summed E-state index contributed by atoms with van der Waals surface area (Å²) in [6.07, 6.45) is 1.66. The van der Waals surface area contributed by atoms with Crippen molar-refractivity contribution in [2.45, 2.75) is 33.7 Å². The Morgan fingerprint density at radius 1 is 1.23 bits per heavy atom. The Labute approximate surface area is 188 Å². The number of aromatic nitrogens is 1. The molecular weight excluding hydrogens is 447 g/mol. The van der Waals surface area contributed by atoms with Gasteiger partial charge in [-0.05, 0) is 75.4 Å². The third-order valence-electron chi connectivity index (χ3n) is 4.75. The Morgan fingerprint density at radius 3 is 2.57 bits per heavy atom. The first-order chi connectivity index (χ1) is 14.1. The van der Waals surface area contributed by atoms with Crippen molar-refractivity contribution < 1.29 is 19.1 Å². The maximum absolute atomic E-state index is 12.8. The zero-order valence-corrected chi connectivity index (χ0v) is 19.2. The summed E-state index contributed by atoms with van der Waals surface area (Å²) in [4.78, 5) is 38.3. The molecular formula is C21H20Cl2N2O4S. The number of carbonyl (C=O) groups is 3. The summed E-state index contributed by atoms with van der Waals surface area (Å²) >= 11 is 13.2. The molecule has 0 unspecified atom stereocenters. The molecule has 0 aliphatic carbocycles. The minimum absolute atomic E-state index is 0.175. The van der Waals surface area contributed by atoms with Crippen LogP contribution >= 0.6 is 35.0 Å².